The molecule has 11 heavy (non-hydrogen) atoms. The molecule has 2 nitrogen and oxygen atoms in total. The van der Waals surface area contributed by atoms with Crippen LogP contribution in [0.25, 0.3) is 0 Å². The van der Waals surface area contributed by atoms with Crippen molar-refractivity contribution in [2.45, 2.75) is 19.8 Å². The zero-order valence-electron chi connectivity index (χ0n) is 6.10. The molecular weight excluding hydrogens is 283 g/mol. The molecular formula is C5H10MoO2PS2. The molecule has 1 unspecified atom stereocenters. The third-order valence-electron chi connectivity index (χ3n) is 0.840. The van der Waals surface area contributed by atoms with Gasteiger partial charge in [-0.05, 0) is 0 Å². The number of hydrogen-bond acceptors (Lipinski definition) is 3. The van der Waals surface area contributed by atoms with E-state index in [0.717, 1.165) is 12.8 Å². The molecule has 0 aliphatic heterocycles. The Morgan fingerprint density at radius 3 is 2.91 bits per heavy atom. The summed E-state index contributed by atoms with van der Waals surface area (Å²) in [4.78, 5) is 9.24. The summed E-state index contributed by atoms with van der Waals surface area (Å²) in [7, 11) is 0. The zero-order valence-corrected chi connectivity index (χ0v) is 10.6. The Bertz CT molecular complexity index is 174. The second-order valence-electron chi connectivity index (χ2n) is 1.81. The van der Waals surface area contributed by atoms with Gasteiger partial charge in [0.15, 0.2) is 0 Å². The van der Waals surface area contributed by atoms with E-state index in [1.165, 1.54) is 31.6 Å². The zero-order chi connectivity index (χ0) is 8.74. The van der Waals surface area contributed by atoms with E-state index in [1.54, 1.807) is 0 Å². The van der Waals surface area contributed by atoms with Crippen molar-refractivity contribution in [3.8, 4) is 0 Å². The first-order valence-electron chi connectivity index (χ1n) is 3.10. The molecule has 0 saturated carbocycles. The van der Waals surface area contributed by atoms with Gasteiger partial charge >= 0.3 is 88.4 Å². The maximum atomic E-state index is 9.24. The van der Waals surface area contributed by atoms with Crippen LogP contribution in [0, 0.1) is 0 Å². The van der Waals surface area contributed by atoms with Gasteiger partial charge in [0.25, 0.3) is 0 Å². The maximum absolute atomic E-state index is 9.24. The number of allylic oxidation sites excluding steroid dienone is 1. The van der Waals surface area contributed by atoms with Crippen LogP contribution >= 0.6 is 17.1 Å². The third kappa shape index (κ3) is 7.70. The fourth-order valence-electron chi connectivity index (χ4n) is 0.372. The predicted octanol–water partition coefficient (Wildman–Crippen LogP) is 2.73. The van der Waals surface area contributed by atoms with E-state index in [9.17, 15) is 4.89 Å². The molecule has 0 radical (unpaired) electrons. The van der Waals surface area contributed by atoms with E-state index in [4.69, 9.17) is 15.0 Å². The summed E-state index contributed by atoms with van der Waals surface area (Å²) in [5.74, 6) is 0. The van der Waals surface area contributed by atoms with Gasteiger partial charge < -0.3 is 0 Å². The molecule has 0 aliphatic carbocycles. The summed E-state index contributed by atoms with van der Waals surface area (Å²) in [5, 5.41) is 1.81. The minimum atomic E-state index is -2.55. The van der Waals surface area contributed by atoms with E-state index < -0.39 is 5.69 Å². The van der Waals surface area contributed by atoms with Crippen LogP contribution in [-0.2, 0) is 35.2 Å². The Morgan fingerprint density at radius 1 is 1.82 bits per heavy atom. The van der Waals surface area contributed by atoms with Crippen molar-refractivity contribution in [2.24, 2.45) is 0 Å². The van der Waals surface area contributed by atoms with Gasteiger partial charge in [-0.15, -0.1) is 0 Å². The molecule has 0 aliphatic rings. The fraction of sp³-hybridized carbons (Fsp3) is 0.600. The van der Waals surface area contributed by atoms with Crippen LogP contribution in [0.2, 0.25) is 0 Å². The topological polar surface area (TPSA) is 29.5 Å². The molecule has 65 valence electrons. The van der Waals surface area contributed by atoms with Crippen molar-refractivity contribution in [3.63, 3.8) is 0 Å². The number of rotatable bonds is 5. The SMILES string of the molecule is CCCC=CSP(O)(=S)[O][Mo]. The molecule has 6 heteroatoms. The van der Waals surface area contributed by atoms with Crippen LogP contribution < -0.4 is 0 Å². The third-order valence-corrected chi connectivity index (χ3v) is 7.10. The Morgan fingerprint density at radius 2 is 2.45 bits per heavy atom. The summed E-state index contributed by atoms with van der Waals surface area (Å²) in [6, 6.07) is 0. The first-order chi connectivity index (χ1) is 5.12. The van der Waals surface area contributed by atoms with Gasteiger partial charge in [-0.2, -0.15) is 0 Å². The Balaban J connectivity index is 3.60. The van der Waals surface area contributed by atoms with Crippen LogP contribution in [-0.4, -0.2) is 4.89 Å². The summed E-state index contributed by atoms with van der Waals surface area (Å²) < 4.78 is 4.72. The van der Waals surface area contributed by atoms with Gasteiger partial charge in [-0.25, -0.2) is 0 Å². The summed E-state index contributed by atoms with van der Waals surface area (Å²) in [6.07, 6.45) is 4.12. The molecule has 0 heterocycles. The molecule has 0 saturated heterocycles. The molecule has 0 aromatic rings. The van der Waals surface area contributed by atoms with E-state index in [1.807, 2.05) is 11.5 Å². The number of unbranched alkanes of at least 4 members (excludes halogenated alkanes) is 1. The fourth-order valence-corrected chi connectivity index (χ4v) is 2.83. The van der Waals surface area contributed by atoms with Crippen molar-refractivity contribution < 1.29 is 28.3 Å². The van der Waals surface area contributed by atoms with Crippen LogP contribution in [0.1, 0.15) is 19.8 Å². The van der Waals surface area contributed by atoms with Crippen LogP contribution in [0.5, 0.6) is 0 Å². The molecule has 0 aromatic heterocycles. The minimum absolute atomic E-state index is 1.02. The van der Waals surface area contributed by atoms with Crippen molar-refractivity contribution in [1.29, 1.82) is 0 Å². The molecule has 1 atom stereocenters. The van der Waals surface area contributed by atoms with Crippen LogP contribution in [0.15, 0.2) is 11.5 Å². The van der Waals surface area contributed by atoms with Gasteiger partial charge in [0, 0.05) is 0 Å². The monoisotopic (exact) mass is 295 g/mol. The standard InChI is InChI=1S/C5H11O2PS2.Mo/c1-2-3-4-5-10-8(6,7)9;/h4-5H,2-3H2,1H3,(H2,6,7,9);/q;+1/p-1. The Kier molecular flexibility index (Phi) is 7.66. The molecule has 0 amide bonds. The predicted molar refractivity (Wildman–Crippen MR) is 49.2 cm³/mol. The van der Waals surface area contributed by atoms with Gasteiger partial charge in [-0.1, -0.05) is 0 Å². The van der Waals surface area contributed by atoms with Crippen molar-refractivity contribution in [3.05, 3.63) is 11.5 Å². The summed E-state index contributed by atoms with van der Waals surface area (Å²) >= 11 is 7.32. The average molecular weight is 293 g/mol. The van der Waals surface area contributed by atoms with E-state index in [-0.39, 0.29) is 0 Å². The quantitative estimate of drug-likeness (QED) is 0.623. The van der Waals surface area contributed by atoms with Crippen molar-refractivity contribution >= 4 is 28.9 Å². The van der Waals surface area contributed by atoms with E-state index in [0.29, 0.717) is 0 Å². The van der Waals surface area contributed by atoms with E-state index >= 15 is 0 Å². The normalized spacial score (nSPS) is 16.9. The molecule has 0 aromatic carbocycles. The van der Waals surface area contributed by atoms with Gasteiger partial charge in [0.2, 0.25) is 0 Å². The molecule has 0 rings (SSSR count). The summed E-state index contributed by atoms with van der Waals surface area (Å²) in [5.41, 5.74) is -2.55. The summed E-state index contributed by atoms with van der Waals surface area (Å²) in [6.45, 7) is 2.10. The molecule has 0 fully saturated rings. The van der Waals surface area contributed by atoms with Crippen LogP contribution in [0.3, 0.4) is 0 Å². The first kappa shape index (κ1) is 12.3. The Labute approximate surface area is 88.1 Å². The second kappa shape index (κ2) is 6.82. The van der Waals surface area contributed by atoms with Crippen molar-refractivity contribution in [2.75, 3.05) is 0 Å². The van der Waals surface area contributed by atoms with Crippen LogP contribution in [0.4, 0.5) is 0 Å². The van der Waals surface area contributed by atoms with Gasteiger partial charge in [0.1, 0.15) is 0 Å². The van der Waals surface area contributed by atoms with Gasteiger partial charge in [-0.3, -0.25) is 0 Å². The first-order valence-corrected chi connectivity index (χ1v) is 8.08. The van der Waals surface area contributed by atoms with Crippen molar-refractivity contribution in [1.82, 2.24) is 0 Å². The Hall–Kier alpha value is 1.35. The number of hydrogen-bond donors (Lipinski definition) is 1. The molecule has 0 bridgehead atoms. The van der Waals surface area contributed by atoms with E-state index in [2.05, 4.69) is 6.92 Å². The average Bonchev–Trinajstić information content (AvgIpc) is 1.99. The van der Waals surface area contributed by atoms with Gasteiger partial charge in [0.05, 0.1) is 0 Å². The molecule has 0 spiro atoms. The second-order valence-corrected chi connectivity index (χ2v) is 8.77. The molecule has 1 N–H and O–H groups in total.